The normalized spacial score (nSPS) is 10.2. The van der Waals surface area contributed by atoms with Crippen LogP contribution in [0.5, 0.6) is 11.5 Å². The number of carbonyl (C=O) groups is 1. The van der Waals surface area contributed by atoms with Gasteiger partial charge >= 0.3 is 5.97 Å². The van der Waals surface area contributed by atoms with Crippen LogP contribution in [-0.2, 0) is 4.79 Å². The number of aliphatic carboxylic acids is 1. The average molecular weight is 280 g/mol. The third kappa shape index (κ3) is 7.67. The lowest BCUT2D eigenvalue weighted by Gasteiger charge is -2.08. The van der Waals surface area contributed by atoms with Crippen LogP contribution in [0, 0.1) is 0 Å². The van der Waals surface area contributed by atoms with Gasteiger partial charge in [0.1, 0.15) is 11.5 Å². The van der Waals surface area contributed by atoms with Crippen LogP contribution >= 0.6 is 0 Å². The van der Waals surface area contributed by atoms with E-state index in [1.54, 1.807) is 18.2 Å². The molecule has 0 aliphatic heterocycles. The van der Waals surface area contributed by atoms with Crippen molar-refractivity contribution in [3.63, 3.8) is 0 Å². The van der Waals surface area contributed by atoms with Crippen molar-refractivity contribution in [1.29, 1.82) is 0 Å². The predicted molar refractivity (Wildman–Crippen MR) is 78.4 cm³/mol. The molecule has 0 amide bonds. The number of benzene rings is 1. The number of hydrogen-bond donors (Lipinski definition) is 1. The first-order valence-electron chi connectivity index (χ1n) is 7.30. The van der Waals surface area contributed by atoms with E-state index in [1.807, 2.05) is 6.07 Å². The molecular formula is C16H24O4. The number of unbranched alkanes of at least 4 members (excludes halogenated alkanes) is 5. The van der Waals surface area contributed by atoms with Crippen molar-refractivity contribution in [2.45, 2.75) is 45.4 Å². The molecule has 0 atom stereocenters. The Labute approximate surface area is 120 Å². The maximum atomic E-state index is 10.4. The molecule has 0 saturated carbocycles. The van der Waals surface area contributed by atoms with Gasteiger partial charge in [-0.3, -0.25) is 0 Å². The van der Waals surface area contributed by atoms with Gasteiger partial charge in [0.2, 0.25) is 0 Å². The smallest absolute Gasteiger partial charge is 0.341 e. The van der Waals surface area contributed by atoms with E-state index in [2.05, 4.69) is 6.92 Å². The van der Waals surface area contributed by atoms with Gasteiger partial charge in [-0.05, 0) is 18.6 Å². The molecule has 0 spiro atoms. The van der Waals surface area contributed by atoms with Crippen molar-refractivity contribution in [3.8, 4) is 11.5 Å². The van der Waals surface area contributed by atoms with E-state index in [0.717, 1.165) is 12.2 Å². The lowest BCUT2D eigenvalue weighted by atomic mass is 10.1. The fourth-order valence-electron chi connectivity index (χ4n) is 1.87. The molecule has 0 fully saturated rings. The zero-order chi connectivity index (χ0) is 14.6. The summed E-state index contributed by atoms with van der Waals surface area (Å²) in [4.78, 5) is 10.4. The minimum absolute atomic E-state index is 0.332. The van der Waals surface area contributed by atoms with Crippen LogP contribution in [-0.4, -0.2) is 24.3 Å². The average Bonchev–Trinajstić information content (AvgIpc) is 2.45. The summed E-state index contributed by atoms with van der Waals surface area (Å²) in [5, 5.41) is 8.55. The highest BCUT2D eigenvalue weighted by molar-refractivity contribution is 5.68. The summed E-state index contributed by atoms with van der Waals surface area (Å²) < 4.78 is 10.7. The zero-order valence-electron chi connectivity index (χ0n) is 12.1. The molecule has 1 rings (SSSR count). The molecule has 4 heteroatoms. The van der Waals surface area contributed by atoms with Crippen LogP contribution in [0.3, 0.4) is 0 Å². The summed E-state index contributed by atoms with van der Waals surface area (Å²) >= 11 is 0. The van der Waals surface area contributed by atoms with E-state index in [0.29, 0.717) is 12.4 Å². The standard InChI is InChI=1S/C16H24O4/c1-2-3-4-5-6-7-11-19-14-9-8-10-15(12-14)20-13-16(17)18/h8-10,12H,2-7,11,13H2,1H3,(H,17,18). The molecule has 0 aliphatic rings. The van der Waals surface area contributed by atoms with Gasteiger partial charge in [0, 0.05) is 6.07 Å². The molecule has 0 radical (unpaired) electrons. The summed E-state index contributed by atoms with van der Waals surface area (Å²) in [6.07, 6.45) is 7.37. The molecule has 0 bridgehead atoms. The lowest BCUT2D eigenvalue weighted by molar-refractivity contribution is -0.139. The van der Waals surface area contributed by atoms with Crippen molar-refractivity contribution in [2.24, 2.45) is 0 Å². The monoisotopic (exact) mass is 280 g/mol. The Morgan fingerprint density at radius 2 is 1.70 bits per heavy atom. The number of ether oxygens (including phenoxy) is 2. The van der Waals surface area contributed by atoms with E-state index < -0.39 is 5.97 Å². The fourth-order valence-corrected chi connectivity index (χ4v) is 1.87. The van der Waals surface area contributed by atoms with Crippen molar-refractivity contribution >= 4 is 5.97 Å². The van der Waals surface area contributed by atoms with E-state index in [4.69, 9.17) is 14.6 Å². The molecule has 1 N–H and O–H groups in total. The highest BCUT2D eigenvalue weighted by Crippen LogP contribution is 2.19. The first kappa shape index (κ1) is 16.3. The number of carboxylic acids is 1. The first-order valence-corrected chi connectivity index (χ1v) is 7.30. The molecule has 20 heavy (non-hydrogen) atoms. The molecule has 0 heterocycles. The summed E-state index contributed by atoms with van der Waals surface area (Å²) in [6, 6.07) is 7.10. The molecule has 1 aromatic carbocycles. The number of rotatable bonds is 11. The van der Waals surface area contributed by atoms with Gasteiger partial charge in [0.05, 0.1) is 6.61 Å². The van der Waals surface area contributed by atoms with Crippen LogP contribution in [0.4, 0.5) is 0 Å². The summed E-state index contributed by atoms with van der Waals surface area (Å²) in [7, 11) is 0. The highest BCUT2D eigenvalue weighted by Gasteiger charge is 2.01. The van der Waals surface area contributed by atoms with Crippen LogP contribution in [0.2, 0.25) is 0 Å². The molecule has 4 nitrogen and oxygen atoms in total. The Bertz CT molecular complexity index is 390. The summed E-state index contributed by atoms with van der Waals surface area (Å²) in [6.45, 7) is 2.57. The molecule has 0 aromatic heterocycles. The van der Waals surface area contributed by atoms with Gasteiger partial charge in [-0.25, -0.2) is 4.79 Å². The van der Waals surface area contributed by atoms with E-state index in [-0.39, 0.29) is 6.61 Å². The SMILES string of the molecule is CCCCCCCCOc1cccc(OCC(=O)O)c1. The quantitative estimate of drug-likeness (QED) is 0.625. The molecule has 112 valence electrons. The second-order valence-corrected chi connectivity index (χ2v) is 4.77. The molecule has 0 unspecified atom stereocenters. The Morgan fingerprint density at radius 1 is 1.05 bits per heavy atom. The zero-order valence-corrected chi connectivity index (χ0v) is 12.1. The second kappa shape index (κ2) is 10.1. The topological polar surface area (TPSA) is 55.8 Å². The lowest BCUT2D eigenvalue weighted by Crippen LogP contribution is -2.09. The van der Waals surface area contributed by atoms with E-state index >= 15 is 0 Å². The van der Waals surface area contributed by atoms with Crippen LogP contribution in [0.15, 0.2) is 24.3 Å². The molecule has 1 aromatic rings. The van der Waals surface area contributed by atoms with Gasteiger partial charge in [-0.2, -0.15) is 0 Å². The Balaban J connectivity index is 2.19. The maximum absolute atomic E-state index is 10.4. The molecular weight excluding hydrogens is 256 g/mol. The number of hydrogen-bond acceptors (Lipinski definition) is 3. The molecule has 0 aliphatic carbocycles. The second-order valence-electron chi connectivity index (χ2n) is 4.77. The fraction of sp³-hybridized carbons (Fsp3) is 0.562. The van der Waals surface area contributed by atoms with Crippen LogP contribution < -0.4 is 9.47 Å². The molecule has 0 saturated heterocycles. The van der Waals surface area contributed by atoms with Crippen molar-refractivity contribution in [1.82, 2.24) is 0 Å². The van der Waals surface area contributed by atoms with Gasteiger partial charge in [-0.1, -0.05) is 45.1 Å². The van der Waals surface area contributed by atoms with Gasteiger partial charge in [0.15, 0.2) is 6.61 Å². The largest absolute Gasteiger partial charge is 0.493 e. The minimum atomic E-state index is -0.983. The Kier molecular flexibility index (Phi) is 8.27. The minimum Gasteiger partial charge on any atom is -0.493 e. The third-order valence-electron chi connectivity index (χ3n) is 2.93. The van der Waals surface area contributed by atoms with Gasteiger partial charge in [0.25, 0.3) is 0 Å². The number of carboxylic acid groups (broad SMARTS) is 1. The first-order chi connectivity index (χ1) is 9.72. The Morgan fingerprint density at radius 3 is 2.40 bits per heavy atom. The van der Waals surface area contributed by atoms with Crippen LogP contribution in [0.1, 0.15) is 45.4 Å². The van der Waals surface area contributed by atoms with Gasteiger partial charge < -0.3 is 14.6 Å². The van der Waals surface area contributed by atoms with Crippen molar-refractivity contribution in [2.75, 3.05) is 13.2 Å². The third-order valence-corrected chi connectivity index (χ3v) is 2.93. The van der Waals surface area contributed by atoms with Crippen LogP contribution in [0.25, 0.3) is 0 Å². The summed E-state index contributed by atoms with van der Waals surface area (Å²) in [5.41, 5.74) is 0. The van der Waals surface area contributed by atoms with E-state index in [1.165, 1.54) is 32.1 Å². The van der Waals surface area contributed by atoms with Crippen molar-refractivity contribution < 1.29 is 19.4 Å². The van der Waals surface area contributed by atoms with E-state index in [9.17, 15) is 4.79 Å². The highest BCUT2D eigenvalue weighted by atomic mass is 16.5. The maximum Gasteiger partial charge on any atom is 0.341 e. The Hall–Kier alpha value is -1.71. The van der Waals surface area contributed by atoms with Gasteiger partial charge in [-0.15, -0.1) is 0 Å². The predicted octanol–water partition coefficient (Wildman–Crippen LogP) is 3.89. The summed E-state index contributed by atoms with van der Waals surface area (Å²) in [5.74, 6) is 0.262. The van der Waals surface area contributed by atoms with Crippen molar-refractivity contribution in [3.05, 3.63) is 24.3 Å².